The Kier molecular flexibility index (Phi) is 5.67. The molecule has 0 aromatic rings. The summed E-state index contributed by atoms with van der Waals surface area (Å²) >= 11 is 0. The second kappa shape index (κ2) is 7.09. The van der Waals surface area contributed by atoms with Gasteiger partial charge in [0.2, 0.25) is 5.91 Å². The minimum absolute atomic E-state index is 0.269. The molecule has 0 bridgehead atoms. The summed E-state index contributed by atoms with van der Waals surface area (Å²) < 4.78 is 0. The second-order valence-electron chi connectivity index (χ2n) is 4.19. The molecule has 90 valence electrons. The Morgan fingerprint density at radius 1 is 1.50 bits per heavy atom. The van der Waals surface area contributed by atoms with E-state index in [0.717, 1.165) is 12.8 Å². The minimum atomic E-state index is -0.298. The first-order valence-corrected chi connectivity index (χ1v) is 5.79. The molecule has 0 saturated heterocycles. The van der Waals surface area contributed by atoms with Crippen LogP contribution in [0.4, 0.5) is 0 Å². The number of amides is 1. The molecule has 0 heterocycles. The maximum atomic E-state index is 11.3. The van der Waals surface area contributed by atoms with Crippen LogP contribution in [0.3, 0.4) is 0 Å². The minimum Gasteiger partial charge on any atom is -0.368 e. The van der Waals surface area contributed by atoms with Gasteiger partial charge in [0.1, 0.15) is 0 Å². The van der Waals surface area contributed by atoms with Gasteiger partial charge in [-0.05, 0) is 24.3 Å². The number of nitrogens with one attached hydrogen (secondary N) is 1. The molecule has 0 spiro atoms. The van der Waals surface area contributed by atoms with E-state index >= 15 is 0 Å². The predicted octanol–water partition coefficient (Wildman–Crippen LogP) is 1.32. The van der Waals surface area contributed by atoms with Crippen LogP contribution in [0.1, 0.15) is 32.1 Å². The fourth-order valence-corrected chi connectivity index (χ4v) is 2.28. The molecule has 0 radical (unpaired) electrons. The van der Waals surface area contributed by atoms with Gasteiger partial charge >= 0.3 is 0 Å². The molecule has 16 heavy (non-hydrogen) atoms. The number of rotatable bonds is 6. The monoisotopic (exact) mass is 225 g/mol. The van der Waals surface area contributed by atoms with Gasteiger partial charge in [0.05, 0.1) is 6.04 Å². The van der Waals surface area contributed by atoms with Crippen LogP contribution in [0.5, 0.6) is 0 Å². The summed E-state index contributed by atoms with van der Waals surface area (Å²) in [4.78, 5) is 14.0. The lowest BCUT2D eigenvalue weighted by molar-refractivity contribution is -0.121. The molecule has 0 aromatic heterocycles. The van der Waals surface area contributed by atoms with E-state index < -0.39 is 0 Å². The number of azide groups is 1. The van der Waals surface area contributed by atoms with E-state index in [0.29, 0.717) is 19.0 Å². The molecule has 6 nitrogen and oxygen atoms in total. The fraction of sp³-hybridized carbons (Fsp3) is 0.900. The molecule has 1 unspecified atom stereocenters. The van der Waals surface area contributed by atoms with Crippen LogP contribution >= 0.6 is 0 Å². The number of carbonyl (C=O) groups is 1. The largest absolute Gasteiger partial charge is 0.368 e. The predicted molar refractivity (Wildman–Crippen MR) is 61.6 cm³/mol. The summed E-state index contributed by atoms with van der Waals surface area (Å²) in [5, 5.41) is 6.50. The van der Waals surface area contributed by atoms with E-state index in [9.17, 15) is 4.79 Å². The third-order valence-corrected chi connectivity index (χ3v) is 3.07. The highest BCUT2D eigenvalue weighted by Crippen LogP contribution is 2.26. The van der Waals surface area contributed by atoms with E-state index in [1.807, 2.05) is 0 Å². The number of primary amides is 1. The fourth-order valence-electron chi connectivity index (χ4n) is 2.28. The number of hydrogen-bond donors (Lipinski definition) is 2. The first-order chi connectivity index (χ1) is 7.75. The summed E-state index contributed by atoms with van der Waals surface area (Å²) in [6, 6.07) is -0.269. The van der Waals surface area contributed by atoms with Crippen molar-refractivity contribution in [2.75, 3.05) is 13.1 Å². The highest BCUT2D eigenvalue weighted by atomic mass is 16.1. The van der Waals surface area contributed by atoms with Gasteiger partial charge in [-0.25, -0.2) is 0 Å². The lowest BCUT2D eigenvalue weighted by Gasteiger charge is -2.28. The third-order valence-electron chi connectivity index (χ3n) is 3.07. The SMILES string of the molecule is [N-]=[N+]=NCCNC(C(N)=O)C1CCCCC1. The van der Waals surface area contributed by atoms with Crippen LogP contribution < -0.4 is 11.1 Å². The van der Waals surface area contributed by atoms with Crippen LogP contribution in [0.2, 0.25) is 0 Å². The molecule has 0 aromatic carbocycles. The van der Waals surface area contributed by atoms with Gasteiger partial charge in [-0.2, -0.15) is 0 Å². The van der Waals surface area contributed by atoms with Crippen LogP contribution in [0.25, 0.3) is 10.4 Å². The standard InChI is InChI=1S/C10H19N5O/c11-10(16)9(13-6-7-14-15-12)8-4-2-1-3-5-8/h8-9,13H,1-7H2,(H2,11,16). The molecule has 0 aliphatic heterocycles. The Hall–Kier alpha value is -1.26. The van der Waals surface area contributed by atoms with Crippen molar-refractivity contribution in [3.05, 3.63) is 10.4 Å². The molecular formula is C10H19N5O. The van der Waals surface area contributed by atoms with Crippen LogP contribution in [-0.4, -0.2) is 25.0 Å². The second-order valence-corrected chi connectivity index (χ2v) is 4.19. The Balaban J connectivity index is 2.39. The summed E-state index contributed by atoms with van der Waals surface area (Å²) in [6.07, 6.45) is 5.71. The highest BCUT2D eigenvalue weighted by molar-refractivity contribution is 5.80. The van der Waals surface area contributed by atoms with Gasteiger partial charge in [-0.15, -0.1) is 0 Å². The molecule has 3 N–H and O–H groups in total. The highest BCUT2D eigenvalue weighted by Gasteiger charge is 2.26. The topological polar surface area (TPSA) is 104 Å². The molecular weight excluding hydrogens is 206 g/mol. The van der Waals surface area contributed by atoms with Crippen molar-refractivity contribution in [1.82, 2.24) is 5.32 Å². The Morgan fingerprint density at radius 3 is 2.75 bits per heavy atom. The van der Waals surface area contributed by atoms with Crippen molar-refractivity contribution in [2.24, 2.45) is 16.8 Å². The molecule has 1 fully saturated rings. The number of carbonyl (C=O) groups excluding carboxylic acids is 1. The van der Waals surface area contributed by atoms with Gasteiger partial charge in [-0.1, -0.05) is 24.4 Å². The maximum absolute atomic E-state index is 11.3. The number of nitrogens with two attached hydrogens (primary N) is 1. The van der Waals surface area contributed by atoms with Crippen LogP contribution in [0, 0.1) is 5.92 Å². The van der Waals surface area contributed by atoms with Crippen molar-refractivity contribution in [1.29, 1.82) is 0 Å². The average molecular weight is 225 g/mol. The number of hydrogen-bond acceptors (Lipinski definition) is 3. The Morgan fingerprint density at radius 2 is 2.19 bits per heavy atom. The van der Waals surface area contributed by atoms with E-state index in [4.69, 9.17) is 11.3 Å². The molecule has 6 heteroatoms. The van der Waals surface area contributed by atoms with Gasteiger partial charge in [0.15, 0.2) is 0 Å². The van der Waals surface area contributed by atoms with Crippen molar-refractivity contribution in [2.45, 2.75) is 38.1 Å². The number of nitrogens with zero attached hydrogens (tertiary/aromatic N) is 3. The van der Waals surface area contributed by atoms with Crippen LogP contribution in [-0.2, 0) is 4.79 Å². The average Bonchev–Trinajstić information content (AvgIpc) is 2.30. The molecule has 1 rings (SSSR count). The van der Waals surface area contributed by atoms with E-state index in [-0.39, 0.29) is 11.9 Å². The first-order valence-electron chi connectivity index (χ1n) is 5.79. The zero-order valence-corrected chi connectivity index (χ0v) is 9.43. The van der Waals surface area contributed by atoms with Crippen LogP contribution in [0.15, 0.2) is 5.11 Å². The third kappa shape index (κ3) is 4.08. The van der Waals surface area contributed by atoms with Crippen molar-refractivity contribution >= 4 is 5.91 Å². The first kappa shape index (κ1) is 12.8. The zero-order chi connectivity index (χ0) is 11.8. The maximum Gasteiger partial charge on any atom is 0.234 e. The van der Waals surface area contributed by atoms with Gasteiger partial charge in [-0.3, -0.25) is 4.79 Å². The molecule has 1 aliphatic rings. The molecule has 1 saturated carbocycles. The van der Waals surface area contributed by atoms with E-state index in [1.165, 1.54) is 19.3 Å². The normalized spacial score (nSPS) is 18.8. The van der Waals surface area contributed by atoms with E-state index in [2.05, 4.69) is 15.3 Å². The van der Waals surface area contributed by atoms with Crippen molar-refractivity contribution < 1.29 is 4.79 Å². The molecule has 1 amide bonds. The summed E-state index contributed by atoms with van der Waals surface area (Å²) in [5.41, 5.74) is 13.5. The van der Waals surface area contributed by atoms with Crippen molar-refractivity contribution in [3.8, 4) is 0 Å². The Bertz CT molecular complexity index is 268. The lowest BCUT2D eigenvalue weighted by atomic mass is 9.83. The molecule has 1 atom stereocenters. The van der Waals surface area contributed by atoms with Crippen molar-refractivity contribution in [3.63, 3.8) is 0 Å². The van der Waals surface area contributed by atoms with Gasteiger partial charge in [0, 0.05) is 18.0 Å². The quantitative estimate of drug-likeness (QED) is 0.308. The smallest absolute Gasteiger partial charge is 0.234 e. The summed E-state index contributed by atoms with van der Waals surface area (Å²) in [6.45, 7) is 0.862. The zero-order valence-electron chi connectivity index (χ0n) is 9.43. The van der Waals surface area contributed by atoms with Gasteiger partial charge < -0.3 is 11.1 Å². The summed E-state index contributed by atoms with van der Waals surface area (Å²) in [5.74, 6) is 0.0464. The molecule has 1 aliphatic carbocycles. The lowest BCUT2D eigenvalue weighted by Crippen LogP contribution is -2.47. The summed E-state index contributed by atoms with van der Waals surface area (Å²) in [7, 11) is 0. The van der Waals surface area contributed by atoms with Gasteiger partial charge in [0.25, 0.3) is 0 Å². The van der Waals surface area contributed by atoms with E-state index in [1.54, 1.807) is 0 Å². The Labute approximate surface area is 95.2 Å².